The van der Waals surface area contributed by atoms with Crippen molar-refractivity contribution in [2.45, 2.75) is 38.6 Å². The normalized spacial score (nSPS) is 13.5. The van der Waals surface area contributed by atoms with Crippen molar-refractivity contribution in [1.82, 2.24) is 0 Å². The van der Waals surface area contributed by atoms with Crippen LogP contribution in [0.1, 0.15) is 31.9 Å². The van der Waals surface area contributed by atoms with Crippen LogP contribution in [0.5, 0.6) is 5.75 Å². The smallest absolute Gasteiger partial charge is 0.122 e. The zero-order valence-electron chi connectivity index (χ0n) is 11.2. The van der Waals surface area contributed by atoms with Crippen LogP contribution in [0.2, 0.25) is 0 Å². The topological polar surface area (TPSA) is 55.5 Å². The summed E-state index contributed by atoms with van der Waals surface area (Å²) in [6.07, 6.45) is 0.629. The second kappa shape index (κ2) is 5.52. The Balaban J connectivity index is 3.07. The van der Waals surface area contributed by atoms with Gasteiger partial charge in [0.05, 0.1) is 13.7 Å². The number of aliphatic hydroxyl groups is 1. The first kappa shape index (κ1) is 14.0. The molecule has 0 heterocycles. The Morgan fingerprint density at radius 3 is 2.47 bits per heavy atom. The minimum Gasteiger partial charge on any atom is -0.496 e. The van der Waals surface area contributed by atoms with Gasteiger partial charge in [-0.1, -0.05) is 32.9 Å². The van der Waals surface area contributed by atoms with Gasteiger partial charge in [-0.2, -0.15) is 0 Å². The predicted molar refractivity (Wildman–Crippen MR) is 70.5 cm³/mol. The van der Waals surface area contributed by atoms with Gasteiger partial charge < -0.3 is 15.6 Å². The Hall–Kier alpha value is -1.06. The molecule has 1 rings (SSSR count). The van der Waals surface area contributed by atoms with Crippen molar-refractivity contribution in [2.75, 3.05) is 13.7 Å². The fraction of sp³-hybridized carbons (Fsp3) is 0.571. The van der Waals surface area contributed by atoms with Gasteiger partial charge in [-0.3, -0.25) is 0 Å². The van der Waals surface area contributed by atoms with Gasteiger partial charge in [-0.05, 0) is 29.0 Å². The Kier molecular flexibility index (Phi) is 4.54. The van der Waals surface area contributed by atoms with E-state index in [1.807, 2.05) is 6.07 Å². The first-order chi connectivity index (χ1) is 7.88. The maximum absolute atomic E-state index is 9.02. The van der Waals surface area contributed by atoms with E-state index in [1.165, 1.54) is 5.56 Å². The monoisotopic (exact) mass is 237 g/mol. The molecule has 0 amide bonds. The summed E-state index contributed by atoms with van der Waals surface area (Å²) in [6.45, 7) is 6.50. The van der Waals surface area contributed by atoms with Gasteiger partial charge in [0.15, 0.2) is 0 Å². The average molecular weight is 237 g/mol. The summed E-state index contributed by atoms with van der Waals surface area (Å²) < 4.78 is 5.32. The lowest BCUT2D eigenvalue weighted by molar-refractivity contribution is 0.264. The van der Waals surface area contributed by atoms with E-state index < -0.39 is 0 Å². The fourth-order valence-electron chi connectivity index (χ4n) is 1.75. The molecule has 0 bridgehead atoms. The molecule has 3 nitrogen and oxygen atoms in total. The maximum Gasteiger partial charge on any atom is 0.122 e. The zero-order chi connectivity index (χ0) is 13.1. The number of aliphatic hydroxyl groups excluding tert-OH is 1. The molecule has 0 aliphatic rings. The van der Waals surface area contributed by atoms with Gasteiger partial charge >= 0.3 is 0 Å². The Labute approximate surface area is 104 Å². The molecule has 96 valence electrons. The molecular formula is C14H23NO2. The van der Waals surface area contributed by atoms with Gasteiger partial charge in [-0.25, -0.2) is 0 Å². The van der Waals surface area contributed by atoms with Crippen molar-refractivity contribution in [3.63, 3.8) is 0 Å². The van der Waals surface area contributed by atoms with Gasteiger partial charge in [0.2, 0.25) is 0 Å². The first-order valence-corrected chi connectivity index (χ1v) is 5.92. The van der Waals surface area contributed by atoms with E-state index in [2.05, 4.69) is 32.9 Å². The molecule has 0 aromatic heterocycles. The largest absolute Gasteiger partial charge is 0.496 e. The summed E-state index contributed by atoms with van der Waals surface area (Å²) in [4.78, 5) is 0. The number of rotatable bonds is 4. The minimum absolute atomic E-state index is 0.0110. The maximum atomic E-state index is 9.02. The van der Waals surface area contributed by atoms with E-state index in [-0.39, 0.29) is 18.1 Å². The van der Waals surface area contributed by atoms with Crippen molar-refractivity contribution in [2.24, 2.45) is 5.73 Å². The van der Waals surface area contributed by atoms with E-state index in [9.17, 15) is 0 Å². The van der Waals surface area contributed by atoms with Crippen LogP contribution in [0, 0.1) is 0 Å². The molecule has 0 saturated carbocycles. The van der Waals surface area contributed by atoms with Crippen LogP contribution in [0.4, 0.5) is 0 Å². The Bertz CT molecular complexity index is 369. The highest BCUT2D eigenvalue weighted by Crippen LogP contribution is 2.28. The molecule has 0 fully saturated rings. The standard InChI is InChI=1S/C14H23NO2/c1-14(2,3)11-5-6-13(17-4)10(7-11)8-12(15)9-16/h5-7,12,16H,8-9,15H2,1-4H3. The van der Waals surface area contributed by atoms with Crippen molar-refractivity contribution in [3.8, 4) is 5.75 Å². The number of hydrogen-bond acceptors (Lipinski definition) is 3. The predicted octanol–water partition coefficient (Wildman–Crippen LogP) is 1.85. The van der Waals surface area contributed by atoms with Crippen LogP contribution in [-0.4, -0.2) is 24.9 Å². The average Bonchev–Trinajstić information content (AvgIpc) is 2.27. The quantitative estimate of drug-likeness (QED) is 0.840. The summed E-state index contributed by atoms with van der Waals surface area (Å²) in [6, 6.07) is 5.93. The zero-order valence-corrected chi connectivity index (χ0v) is 11.2. The molecule has 3 heteroatoms. The number of ether oxygens (including phenoxy) is 1. The minimum atomic E-state index is -0.237. The van der Waals surface area contributed by atoms with E-state index in [4.69, 9.17) is 15.6 Å². The highest BCUT2D eigenvalue weighted by atomic mass is 16.5. The number of benzene rings is 1. The van der Waals surface area contributed by atoms with Crippen molar-refractivity contribution < 1.29 is 9.84 Å². The fourth-order valence-corrected chi connectivity index (χ4v) is 1.75. The lowest BCUT2D eigenvalue weighted by atomic mass is 9.85. The summed E-state index contributed by atoms with van der Waals surface area (Å²) in [5.74, 6) is 0.835. The van der Waals surface area contributed by atoms with E-state index >= 15 is 0 Å². The van der Waals surface area contributed by atoms with Crippen LogP contribution < -0.4 is 10.5 Å². The van der Waals surface area contributed by atoms with Crippen molar-refractivity contribution in [3.05, 3.63) is 29.3 Å². The van der Waals surface area contributed by atoms with Crippen molar-refractivity contribution >= 4 is 0 Å². The molecule has 0 radical (unpaired) electrons. The van der Waals surface area contributed by atoms with Crippen molar-refractivity contribution in [1.29, 1.82) is 0 Å². The molecule has 0 aliphatic carbocycles. The number of methoxy groups -OCH3 is 1. The van der Waals surface area contributed by atoms with Crippen LogP contribution >= 0.6 is 0 Å². The molecule has 3 N–H and O–H groups in total. The molecule has 1 aromatic rings. The summed E-state index contributed by atoms with van der Waals surface area (Å²) >= 11 is 0. The molecule has 1 unspecified atom stereocenters. The van der Waals surface area contributed by atoms with Gasteiger partial charge in [-0.15, -0.1) is 0 Å². The third kappa shape index (κ3) is 3.72. The third-order valence-electron chi connectivity index (χ3n) is 2.86. The Morgan fingerprint density at radius 2 is 2.00 bits per heavy atom. The number of nitrogens with two attached hydrogens (primary N) is 1. The highest BCUT2D eigenvalue weighted by molar-refractivity contribution is 5.40. The third-order valence-corrected chi connectivity index (χ3v) is 2.86. The molecule has 0 aliphatic heterocycles. The molecule has 0 saturated heterocycles. The number of hydrogen-bond donors (Lipinski definition) is 2. The first-order valence-electron chi connectivity index (χ1n) is 5.92. The highest BCUT2D eigenvalue weighted by Gasteiger charge is 2.16. The molecule has 1 atom stereocenters. The van der Waals surface area contributed by atoms with Crippen LogP contribution in [0.15, 0.2) is 18.2 Å². The summed E-state index contributed by atoms with van der Waals surface area (Å²) in [5.41, 5.74) is 8.19. The SMILES string of the molecule is COc1ccc(C(C)(C)C)cc1CC(N)CO. The van der Waals surface area contributed by atoms with Crippen LogP contribution in [-0.2, 0) is 11.8 Å². The van der Waals surface area contributed by atoms with Crippen LogP contribution in [0.25, 0.3) is 0 Å². The Morgan fingerprint density at radius 1 is 1.35 bits per heavy atom. The summed E-state index contributed by atoms with van der Waals surface area (Å²) in [5, 5.41) is 9.02. The second-order valence-electron chi connectivity index (χ2n) is 5.42. The lowest BCUT2D eigenvalue weighted by Crippen LogP contribution is -2.27. The van der Waals surface area contributed by atoms with E-state index in [0.717, 1.165) is 11.3 Å². The van der Waals surface area contributed by atoms with E-state index in [0.29, 0.717) is 6.42 Å². The van der Waals surface area contributed by atoms with Crippen LogP contribution in [0.3, 0.4) is 0 Å². The molecule has 0 spiro atoms. The van der Waals surface area contributed by atoms with Gasteiger partial charge in [0.1, 0.15) is 5.75 Å². The summed E-state index contributed by atoms with van der Waals surface area (Å²) in [7, 11) is 1.65. The van der Waals surface area contributed by atoms with Gasteiger partial charge in [0, 0.05) is 6.04 Å². The lowest BCUT2D eigenvalue weighted by Gasteiger charge is -2.21. The molecular weight excluding hydrogens is 214 g/mol. The van der Waals surface area contributed by atoms with Gasteiger partial charge in [0.25, 0.3) is 0 Å². The molecule has 1 aromatic carbocycles. The van der Waals surface area contributed by atoms with E-state index in [1.54, 1.807) is 7.11 Å². The second-order valence-corrected chi connectivity index (χ2v) is 5.42. The molecule has 17 heavy (non-hydrogen) atoms.